The molecule has 0 unspecified atom stereocenters. The first-order valence-corrected chi connectivity index (χ1v) is 11.9. The Morgan fingerprint density at radius 1 is 1.13 bits per heavy atom. The van der Waals surface area contributed by atoms with E-state index < -0.39 is 0 Å². The maximum atomic E-state index is 13.0. The molecular weight excluding hydrogens is 396 g/mol. The maximum absolute atomic E-state index is 13.0. The average Bonchev–Trinajstić information content (AvgIpc) is 3.04. The predicted octanol–water partition coefficient (Wildman–Crippen LogP) is 4.03. The number of hydrogen-bond acceptors (Lipinski definition) is 4. The predicted molar refractivity (Wildman–Crippen MR) is 123 cm³/mol. The molecule has 0 spiro atoms. The summed E-state index contributed by atoms with van der Waals surface area (Å²) in [5.74, 6) is 1.23. The van der Waals surface area contributed by atoms with Crippen molar-refractivity contribution in [3.8, 4) is 0 Å². The molecule has 1 saturated heterocycles. The summed E-state index contributed by atoms with van der Waals surface area (Å²) in [5.41, 5.74) is 1.80. The summed E-state index contributed by atoms with van der Waals surface area (Å²) in [5, 5.41) is 0.732. The van der Waals surface area contributed by atoms with Crippen LogP contribution in [0, 0.1) is 5.92 Å². The van der Waals surface area contributed by atoms with Crippen LogP contribution in [-0.4, -0.2) is 62.1 Å². The van der Waals surface area contributed by atoms with Crippen LogP contribution in [0.15, 0.2) is 29.4 Å². The summed E-state index contributed by atoms with van der Waals surface area (Å²) in [6, 6.07) is 8.17. The van der Waals surface area contributed by atoms with Gasteiger partial charge in [-0.15, -0.1) is 0 Å². The standard InChI is InChI=1S/C23H34N4O2S/c1-16(2)27(17(3)4)22(29)15-30-23-24-19-8-6-7-9-20(19)26(23)14-21(28)25-12-10-18(5)11-13-25/h6-9,16-18H,10-15H2,1-5H3. The van der Waals surface area contributed by atoms with Crippen LogP contribution in [-0.2, 0) is 16.1 Å². The van der Waals surface area contributed by atoms with Crippen LogP contribution in [0.1, 0.15) is 47.5 Å². The van der Waals surface area contributed by atoms with Gasteiger partial charge < -0.3 is 14.4 Å². The number of carbonyl (C=O) groups excluding carboxylic acids is 2. The number of aromatic nitrogens is 2. The van der Waals surface area contributed by atoms with Crippen molar-refractivity contribution >= 4 is 34.6 Å². The number of amides is 2. The first kappa shape index (κ1) is 22.7. The number of nitrogens with zero attached hydrogens (tertiary/aromatic N) is 4. The van der Waals surface area contributed by atoms with Gasteiger partial charge in [-0.1, -0.05) is 30.8 Å². The van der Waals surface area contributed by atoms with Crippen molar-refractivity contribution in [2.75, 3.05) is 18.8 Å². The summed E-state index contributed by atoms with van der Waals surface area (Å²) in [6.45, 7) is 12.3. The molecule has 1 aromatic heterocycles. The van der Waals surface area contributed by atoms with E-state index in [-0.39, 0.29) is 30.4 Å². The number of carbonyl (C=O) groups is 2. The van der Waals surface area contributed by atoms with Crippen molar-refractivity contribution in [1.29, 1.82) is 0 Å². The Kier molecular flexibility index (Phi) is 7.45. The van der Waals surface area contributed by atoms with Gasteiger partial charge in [0.25, 0.3) is 0 Å². The van der Waals surface area contributed by atoms with Gasteiger partial charge in [0.1, 0.15) is 6.54 Å². The molecule has 0 saturated carbocycles. The summed E-state index contributed by atoms with van der Waals surface area (Å²) in [6.07, 6.45) is 2.12. The quantitative estimate of drug-likeness (QED) is 0.622. The number of thioether (sulfide) groups is 1. The summed E-state index contributed by atoms with van der Waals surface area (Å²) in [7, 11) is 0. The number of benzene rings is 1. The minimum atomic E-state index is 0.0972. The lowest BCUT2D eigenvalue weighted by Gasteiger charge is -2.31. The fourth-order valence-corrected chi connectivity index (χ4v) is 5.07. The number of imidazole rings is 1. The summed E-state index contributed by atoms with van der Waals surface area (Å²) >= 11 is 1.42. The fraction of sp³-hybridized carbons (Fsp3) is 0.609. The van der Waals surface area contributed by atoms with Crippen molar-refractivity contribution in [2.45, 2.75) is 71.2 Å². The van der Waals surface area contributed by atoms with Crippen LogP contribution in [0.25, 0.3) is 11.0 Å². The average molecular weight is 431 g/mol. The first-order valence-electron chi connectivity index (χ1n) is 10.9. The van der Waals surface area contributed by atoms with E-state index in [1.54, 1.807) is 0 Å². The molecule has 0 N–H and O–H groups in total. The van der Waals surface area contributed by atoms with Crippen LogP contribution in [0.2, 0.25) is 0 Å². The normalized spacial score (nSPS) is 15.4. The molecule has 30 heavy (non-hydrogen) atoms. The van der Waals surface area contributed by atoms with Crippen LogP contribution in [0.3, 0.4) is 0 Å². The van der Waals surface area contributed by atoms with Gasteiger partial charge in [-0.2, -0.15) is 0 Å². The zero-order valence-electron chi connectivity index (χ0n) is 18.8. The highest BCUT2D eigenvalue weighted by molar-refractivity contribution is 7.99. The molecule has 0 bridgehead atoms. The summed E-state index contributed by atoms with van der Waals surface area (Å²) < 4.78 is 1.97. The number of piperidine rings is 1. The van der Waals surface area contributed by atoms with E-state index in [4.69, 9.17) is 4.98 Å². The van der Waals surface area contributed by atoms with Gasteiger partial charge in [0.15, 0.2) is 5.16 Å². The van der Waals surface area contributed by atoms with Crippen LogP contribution in [0.5, 0.6) is 0 Å². The number of fused-ring (bicyclic) bond motifs is 1. The zero-order chi connectivity index (χ0) is 21.8. The fourth-order valence-electron chi connectivity index (χ4n) is 4.18. The molecular formula is C23H34N4O2S. The molecule has 0 aliphatic carbocycles. The topological polar surface area (TPSA) is 58.4 Å². The van der Waals surface area contributed by atoms with Crippen molar-refractivity contribution in [3.63, 3.8) is 0 Å². The van der Waals surface area contributed by atoms with Crippen molar-refractivity contribution in [1.82, 2.24) is 19.4 Å². The van der Waals surface area contributed by atoms with Crippen LogP contribution >= 0.6 is 11.8 Å². The Morgan fingerprint density at radius 2 is 1.77 bits per heavy atom. The second-order valence-corrected chi connectivity index (χ2v) is 9.75. The van der Waals surface area contributed by atoms with E-state index >= 15 is 0 Å². The van der Waals surface area contributed by atoms with E-state index in [0.29, 0.717) is 11.7 Å². The van der Waals surface area contributed by atoms with Gasteiger partial charge in [0, 0.05) is 25.2 Å². The number of hydrogen-bond donors (Lipinski definition) is 0. The first-order chi connectivity index (χ1) is 14.3. The van der Waals surface area contributed by atoms with E-state index in [2.05, 4.69) is 6.92 Å². The van der Waals surface area contributed by atoms with Crippen molar-refractivity contribution in [3.05, 3.63) is 24.3 Å². The Hall–Kier alpha value is -2.02. The minimum Gasteiger partial charge on any atom is -0.341 e. The van der Waals surface area contributed by atoms with E-state index in [0.717, 1.165) is 42.1 Å². The van der Waals surface area contributed by atoms with E-state index in [1.165, 1.54) is 11.8 Å². The Morgan fingerprint density at radius 3 is 2.40 bits per heavy atom. The molecule has 2 amide bonds. The largest absolute Gasteiger partial charge is 0.341 e. The Labute approximate surface area is 184 Å². The SMILES string of the molecule is CC1CCN(C(=O)Cn2c(SCC(=O)N(C(C)C)C(C)C)nc3ccccc32)CC1. The van der Waals surface area contributed by atoms with Gasteiger partial charge in [0.05, 0.1) is 16.8 Å². The molecule has 1 fully saturated rings. The molecule has 1 aliphatic heterocycles. The van der Waals surface area contributed by atoms with E-state index in [9.17, 15) is 9.59 Å². The highest BCUT2D eigenvalue weighted by atomic mass is 32.2. The van der Waals surface area contributed by atoms with Crippen LogP contribution in [0.4, 0.5) is 0 Å². The molecule has 1 aliphatic rings. The van der Waals surface area contributed by atoms with Gasteiger partial charge in [0.2, 0.25) is 11.8 Å². The monoisotopic (exact) mass is 430 g/mol. The number of rotatable bonds is 7. The molecule has 0 radical (unpaired) electrons. The Bertz CT molecular complexity index is 876. The molecule has 0 atom stereocenters. The molecule has 7 heteroatoms. The third-order valence-electron chi connectivity index (χ3n) is 5.77. The lowest BCUT2D eigenvalue weighted by atomic mass is 9.99. The van der Waals surface area contributed by atoms with E-state index in [1.807, 2.05) is 66.3 Å². The highest BCUT2D eigenvalue weighted by Crippen LogP contribution is 2.26. The highest BCUT2D eigenvalue weighted by Gasteiger charge is 2.24. The third kappa shape index (κ3) is 5.17. The van der Waals surface area contributed by atoms with Crippen molar-refractivity contribution in [2.24, 2.45) is 5.92 Å². The van der Waals surface area contributed by atoms with Gasteiger partial charge in [-0.05, 0) is 58.6 Å². The molecule has 6 nitrogen and oxygen atoms in total. The van der Waals surface area contributed by atoms with Crippen molar-refractivity contribution < 1.29 is 9.59 Å². The summed E-state index contributed by atoms with van der Waals surface area (Å²) in [4.78, 5) is 34.4. The maximum Gasteiger partial charge on any atom is 0.242 e. The lowest BCUT2D eigenvalue weighted by Crippen LogP contribution is -2.43. The third-order valence-corrected chi connectivity index (χ3v) is 6.74. The molecule has 3 rings (SSSR count). The number of para-hydroxylation sites is 2. The second-order valence-electron chi connectivity index (χ2n) is 8.81. The number of likely N-dealkylation sites (tertiary alicyclic amines) is 1. The zero-order valence-corrected chi connectivity index (χ0v) is 19.6. The van der Waals surface area contributed by atoms with Gasteiger partial charge in [-0.25, -0.2) is 4.98 Å². The second kappa shape index (κ2) is 9.86. The van der Waals surface area contributed by atoms with Crippen LogP contribution < -0.4 is 0 Å². The minimum absolute atomic E-state index is 0.0972. The molecule has 1 aromatic carbocycles. The molecule has 2 heterocycles. The smallest absolute Gasteiger partial charge is 0.242 e. The molecule has 164 valence electrons. The lowest BCUT2D eigenvalue weighted by molar-refractivity contribution is -0.133. The Balaban J connectivity index is 1.78. The van der Waals surface area contributed by atoms with Gasteiger partial charge >= 0.3 is 0 Å². The molecule has 2 aromatic rings. The van der Waals surface area contributed by atoms with Gasteiger partial charge in [-0.3, -0.25) is 9.59 Å².